The standard InChI is InChI=1S/C21H17N3O2/c25-16-10-11-17-18(12-16)24-21(20(23-17)14-6-2-1-3-7-14)22-13-15-8-4-5-9-19(15)26/h1-12,25-26H,13H2,(H,22,24). The Hall–Kier alpha value is -3.60. The normalized spacial score (nSPS) is 10.8. The fraction of sp³-hybridized carbons (Fsp3) is 0.0476. The second-order valence-electron chi connectivity index (χ2n) is 5.94. The zero-order valence-electron chi connectivity index (χ0n) is 13.9. The average Bonchev–Trinajstić information content (AvgIpc) is 2.67. The third kappa shape index (κ3) is 3.15. The van der Waals surface area contributed by atoms with E-state index in [2.05, 4.69) is 10.3 Å². The van der Waals surface area contributed by atoms with E-state index in [0.29, 0.717) is 23.4 Å². The predicted molar refractivity (Wildman–Crippen MR) is 102 cm³/mol. The number of hydrogen-bond acceptors (Lipinski definition) is 5. The van der Waals surface area contributed by atoms with Crippen molar-refractivity contribution in [2.45, 2.75) is 6.54 Å². The maximum absolute atomic E-state index is 9.97. The number of aromatic hydroxyl groups is 2. The summed E-state index contributed by atoms with van der Waals surface area (Å²) in [5, 5.41) is 23.0. The van der Waals surface area contributed by atoms with Crippen LogP contribution < -0.4 is 5.32 Å². The summed E-state index contributed by atoms with van der Waals surface area (Å²) in [6.07, 6.45) is 0. The number of nitrogens with zero attached hydrogens (tertiary/aromatic N) is 2. The van der Waals surface area contributed by atoms with E-state index in [-0.39, 0.29) is 11.5 Å². The molecule has 0 unspecified atom stereocenters. The summed E-state index contributed by atoms with van der Waals surface area (Å²) >= 11 is 0. The lowest BCUT2D eigenvalue weighted by Crippen LogP contribution is -2.05. The van der Waals surface area contributed by atoms with E-state index in [1.807, 2.05) is 42.5 Å². The molecule has 4 rings (SSSR count). The first-order valence-electron chi connectivity index (χ1n) is 8.27. The van der Waals surface area contributed by atoms with E-state index < -0.39 is 0 Å². The second-order valence-corrected chi connectivity index (χ2v) is 5.94. The third-order valence-corrected chi connectivity index (χ3v) is 4.13. The summed E-state index contributed by atoms with van der Waals surface area (Å²) in [6.45, 7) is 0.408. The summed E-state index contributed by atoms with van der Waals surface area (Å²) in [7, 11) is 0. The monoisotopic (exact) mass is 343 g/mol. The van der Waals surface area contributed by atoms with Crippen molar-refractivity contribution in [3.05, 3.63) is 78.4 Å². The van der Waals surface area contributed by atoms with Gasteiger partial charge in [-0.25, -0.2) is 9.97 Å². The number of nitrogens with one attached hydrogen (secondary N) is 1. The number of fused-ring (bicyclic) bond motifs is 1. The molecule has 1 aromatic heterocycles. The smallest absolute Gasteiger partial charge is 0.153 e. The van der Waals surface area contributed by atoms with Gasteiger partial charge in [-0.1, -0.05) is 48.5 Å². The lowest BCUT2D eigenvalue weighted by atomic mass is 10.1. The quantitative estimate of drug-likeness (QED) is 0.514. The Morgan fingerprint density at radius 2 is 1.54 bits per heavy atom. The number of phenols is 2. The van der Waals surface area contributed by atoms with Gasteiger partial charge in [0.1, 0.15) is 17.2 Å². The minimum Gasteiger partial charge on any atom is -0.508 e. The van der Waals surface area contributed by atoms with E-state index in [9.17, 15) is 10.2 Å². The topological polar surface area (TPSA) is 78.3 Å². The van der Waals surface area contributed by atoms with Crippen molar-refractivity contribution in [1.82, 2.24) is 9.97 Å². The number of phenolic OH excluding ortho intramolecular Hbond substituents is 2. The van der Waals surface area contributed by atoms with E-state index in [4.69, 9.17) is 4.98 Å². The van der Waals surface area contributed by atoms with Crippen LogP contribution in [-0.2, 0) is 6.54 Å². The maximum atomic E-state index is 9.97. The molecule has 0 bridgehead atoms. The summed E-state index contributed by atoms with van der Waals surface area (Å²) in [5.74, 6) is 0.969. The molecule has 5 nitrogen and oxygen atoms in total. The fourth-order valence-electron chi connectivity index (χ4n) is 2.80. The van der Waals surface area contributed by atoms with Crippen molar-refractivity contribution in [2.75, 3.05) is 5.32 Å². The lowest BCUT2D eigenvalue weighted by molar-refractivity contribution is 0.469. The summed E-state index contributed by atoms with van der Waals surface area (Å²) in [5.41, 5.74) is 3.73. The van der Waals surface area contributed by atoms with Crippen LogP contribution in [0.3, 0.4) is 0 Å². The minimum atomic E-state index is 0.144. The zero-order valence-corrected chi connectivity index (χ0v) is 13.9. The third-order valence-electron chi connectivity index (χ3n) is 4.13. The van der Waals surface area contributed by atoms with Gasteiger partial charge in [0.05, 0.1) is 11.0 Å². The molecule has 3 aromatic carbocycles. The molecule has 0 amide bonds. The first-order valence-corrected chi connectivity index (χ1v) is 8.27. The SMILES string of the molecule is Oc1ccc2nc(-c3ccccc3)c(NCc3ccccc3O)nc2c1. The Bertz CT molecular complexity index is 1070. The van der Waals surface area contributed by atoms with Gasteiger partial charge in [0.15, 0.2) is 5.82 Å². The first kappa shape index (κ1) is 15.9. The van der Waals surface area contributed by atoms with E-state index in [1.165, 1.54) is 0 Å². The highest BCUT2D eigenvalue weighted by atomic mass is 16.3. The van der Waals surface area contributed by atoms with Crippen molar-refractivity contribution < 1.29 is 10.2 Å². The minimum absolute atomic E-state index is 0.144. The Labute approximate surface area is 150 Å². The molecule has 5 heteroatoms. The molecule has 0 saturated heterocycles. The average molecular weight is 343 g/mol. The van der Waals surface area contributed by atoms with Crippen LogP contribution in [0.25, 0.3) is 22.3 Å². The van der Waals surface area contributed by atoms with Crippen molar-refractivity contribution >= 4 is 16.9 Å². The summed E-state index contributed by atoms with van der Waals surface area (Å²) < 4.78 is 0. The van der Waals surface area contributed by atoms with Crippen LogP contribution in [0.15, 0.2) is 72.8 Å². The second kappa shape index (κ2) is 6.72. The fourth-order valence-corrected chi connectivity index (χ4v) is 2.80. The van der Waals surface area contributed by atoms with E-state index in [1.54, 1.807) is 30.3 Å². The molecule has 26 heavy (non-hydrogen) atoms. The van der Waals surface area contributed by atoms with E-state index >= 15 is 0 Å². The van der Waals surface area contributed by atoms with Crippen LogP contribution in [0.5, 0.6) is 11.5 Å². The number of benzene rings is 3. The molecule has 4 aromatic rings. The van der Waals surface area contributed by atoms with Crippen LogP contribution >= 0.6 is 0 Å². The molecular weight excluding hydrogens is 326 g/mol. The van der Waals surface area contributed by atoms with Crippen LogP contribution in [0.4, 0.5) is 5.82 Å². The van der Waals surface area contributed by atoms with Crippen molar-refractivity contribution in [2.24, 2.45) is 0 Å². The molecule has 0 atom stereocenters. The van der Waals surface area contributed by atoms with Gasteiger partial charge in [0.2, 0.25) is 0 Å². The van der Waals surface area contributed by atoms with Gasteiger partial charge in [0, 0.05) is 23.7 Å². The Kier molecular flexibility index (Phi) is 4.11. The largest absolute Gasteiger partial charge is 0.508 e. The van der Waals surface area contributed by atoms with E-state index in [0.717, 1.165) is 16.8 Å². The molecule has 0 radical (unpaired) electrons. The number of anilines is 1. The van der Waals surface area contributed by atoms with Crippen LogP contribution in [0.1, 0.15) is 5.56 Å². The molecule has 0 aliphatic rings. The Morgan fingerprint density at radius 1 is 0.769 bits per heavy atom. The predicted octanol–water partition coefficient (Wildman–Crippen LogP) is 4.32. The molecule has 3 N–H and O–H groups in total. The maximum Gasteiger partial charge on any atom is 0.153 e. The number of para-hydroxylation sites is 1. The van der Waals surface area contributed by atoms with Crippen LogP contribution in [-0.4, -0.2) is 20.2 Å². The van der Waals surface area contributed by atoms with Crippen LogP contribution in [0.2, 0.25) is 0 Å². The van der Waals surface area contributed by atoms with Gasteiger partial charge >= 0.3 is 0 Å². The van der Waals surface area contributed by atoms with Crippen molar-refractivity contribution in [3.8, 4) is 22.8 Å². The molecule has 128 valence electrons. The number of rotatable bonds is 4. The number of aromatic nitrogens is 2. The highest BCUT2D eigenvalue weighted by molar-refractivity contribution is 5.84. The van der Waals surface area contributed by atoms with Crippen molar-refractivity contribution in [1.29, 1.82) is 0 Å². The highest BCUT2D eigenvalue weighted by Crippen LogP contribution is 2.29. The molecule has 0 spiro atoms. The molecule has 1 heterocycles. The van der Waals surface area contributed by atoms with Gasteiger partial charge in [0.25, 0.3) is 0 Å². The molecular formula is C21H17N3O2. The zero-order chi connectivity index (χ0) is 17.9. The summed E-state index contributed by atoms with van der Waals surface area (Å²) in [6, 6.07) is 21.9. The molecule has 0 saturated carbocycles. The van der Waals surface area contributed by atoms with Crippen molar-refractivity contribution in [3.63, 3.8) is 0 Å². The van der Waals surface area contributed by atoms with Gasteiger partial charge in [-0.05, 0) is 18.2 Å². The van der Waals surface area contributed by atoms with Crippen LogP contribution in [0, 0.1) is 0 Å². The van der Waals surface area contributed by atoms with Gasteiger partial charge in [-0.3, -0.25) is 0 Å². The van der Waals surface area contributed by atoms with Gasteiger partial charge < -0.3 is 15.5 Å². The molecule has 0 aliphatic heterocycles. The Morgan fingerprint density at radius 3 is 2.35 bits per heavy atom. The molecule has 0 fully saturated rings. The highest BCUT2D eigenvalue weighted by Gasteiger charge is 2.12. The van der Waals surface area contributed by atoms with Gasteiger partial charge in [-0.2, -0.15) is 0 Å². The summed E-state index contributed by atoms with van der Waals surface area (Å²) in [4.78, 5) is 9.36. The molecule has 0 aliphatic carbocycles. The first-order chi connectivity index (χ1) is 12.7. The van der Waals surface area contributed by atoms with Gasteiger partial charge in [-0.15, -0.1) is 0 Å². The number of hydrogen-bond donors (Lipinski definition) is 3. The lowest BCUT2D eigenvalue weighted by Gasteiger charge is -2.13. The Balaban J connectivity index is 1.79.